The van der Waals surface area contributed by atoms with E-state index in [1.165, 1.54) is 5.70 Å². The third-order valence-electron chi connectivity index (χ3n) is 1.52. The summed E-state index contributed by atoms with van der Waals surface area (Å²) in [7, 11) is 2.01. The summed E-state index contributed by atoms with van der Waals surface area (Å²) in [5.74, 6) is 0. The first kappa shape index (κ1) is 8.28. The second-order valence-electron chi connectivity index (χ2n) is 2.22. The van der Waals surface area contributed by atoms with Crippen LogP contribution in [-0.2, 0) is 0 Å². The maximum Gasteiger partial charge on any atom is 0.0111 e. The van der Waals surface area contributed by atoms with Gasteiger partial charge in [0.1, 0.15) is 0 Å². The monoisotopic (exact) mass is 125 g/mol. The average Bonchev–Trinajstić information content (AvgIpc) is 1.84. The molecule has 1 heteroatoms. The van der Waals surface area contributed by atoms with Crippen molar-refractivity contribution in [2.24, 2.45) is 0 Å². The van der Waals surface area contributed by atoms with Gasteiger partial charge in [0.2, 0.25) is 0 Å². The Morgan fingerprint density at radius 3 is 2.00 bits per heavy atom. The first-order valence-corrected chi connectivity index (χ1v) is 3.11. The van der Waals surface area contributed by atoms with Crippen molar-refractivity contribution in [2.45, 2.75) is 20.8 Å². The van der Waals surface area contributed by atoms with Crippen molar-refractivity contribution in [1.29, 1.82) is 0 Å². The molecule has 52 valence electrons. The summed E-state index contributed by atoms with van der Waals surface area (Å²) < 4.78 is 0. The van der Waals surface area contributed by atoms with Gasteiger partial charge in [-0.3, -0.25) is 0 Å². The molecule has 0 atom stereocenters. The largest absolute Gasteiger partial charge is 0.353 e. The molecule has 0 bridgehead atoms. The first-order chi connectivity index (χ1) is 4.09. The molecule has 1 nitrogen and oxygen atoms in total. The Balaban J connectivity index is 4.04. The van der Waals surface area contributed by atoms with Crippen LogP contribution in [0.5, 0.6) is 0 Å². The molecule has 0 amide bonds. The lowest BCUT2D eigenvalue weighted by molar-refractivity contribution is 0.523. The van der Waals surface area contributed by atoms with Crippen LogP contribution in [0.15, 0.2) is 24.0 Å². The fourth-order valence-corrected chi connectivity index (χ4v) is 0.495. The van der Waals surface area contributed by atoms with Crippen LogP contribution >= 0.6 is 0 Å². The molecule has 0 aromatic rings. The van der Waals surface area contributed by atoms with Crippen LogP contribution in [0.2, 0.25) is 0 Å². The summed E-state index contributed by atoms with van der Waals surface area (Å²) in [5, 5.41) is 0. The third-order valence-corrected chi connectivity index (χ3v) is 1.52. The molecule has 0 rings (SSSR count). The predicted molar refractivity (Wildman–Crippen MR) is 42.0 cm³/mol. The summed E-state index contributed by atoms with van der Waals surface area (Å²) in [6, 6.07) is 0. The summed E-state index contributed by atoms with van der Waals surface area (Å²) in [5.41, 5.74) is 2.31. The summed E-state index contributed by atoms with van der Waals surface area (Å²) in [6.45, 7) is 9.89. The molecule has 0 aliphatic carbocycles. The maximum atomic E-state index is 3.81. The van der Waals surface area contributed by atoms with E-state index in [4.69, 9.17) is 0 Å². The van der Waals surface area contributed by atoms with Crippen molar-refractivity contribution >= 4 is 0 Å². The van der Waals surface area contributed by atoms with Gasteiger partial charge in [-0.15, -0.1) is 0 Å². The van der Waals surface area contributed by atoms with Crippen LogP contribution in [0.4, 0.5) is 0 Å². The van der Waals surface area contributed by atoms with Crippen molar-refractivity contribution < 1.29 is 0 Å². The minimum atomic E-state index is 1.07. The van der Waals surface area contributed by atoms with E-state index in [0.717, 1.165) is 5.70 Å². The quantitative estimate of drug-likeness (QED) is 0.547. The molecule has 0 aliphatic rings. The van der Waals surface area contributed by atoms with Gasteiger partial charge < -0.3 is 4.90 Å². The van der Waals surface area contributed by atoms with E-state index in [1.54, 1.807) is 0 Å². The number of hydrogen-bond acceptors (Lipinski definition) is 1. The van der Waals surface area contributed by atoms with E-state index in [-0.39, 0.29) is 0 Å². The van der Waals surface area contributed by atoms with Gasteiger partial charge in [0.05, 0.1) is 0 Å². The van der Waals surface area contributed by atoms with Crippen molar-refractivity contribution in [1.82, 2.24) is 4.90 Å². The Morgan fingerprint density at radius 2 is 1.89 bits per heavy atom. The van der Waals surface area contributed by atoms with Gasteiger partial charge in [0.15, 0.2) is 0 Å². The highest BCUT2D eigenvalue weighted by Gasteiger charge is 1.94. The highest BCUT2D eigenvalue weighted by molar-refractivity contribution is 5.03. The van der Waals surface area contributed by atoms with Gasteiger partial charge in [-0.05, 0) is 20.8 Å². The van der Waals surface area contributed by atoms with Crippen LogP contribution in [0.25, 0.3) is 0 Å². The zero-order valence-corrected chi connectivity index (χ0v) is 6.73. The second kappa shape index (κ2) is 3.33. The smallest absolute Gasteiger partial charge is 0.0111 e. The Labute approximate surface area is 57.7 Å². The number of hydrogen-bond donors (Lipinski definition) is 0. The number of rotatable bonds is 2. The van der Waals surface area contributed by atoms with Crippen molar-refractivity contribution in [2.75, 3.05) is 7.05 Å². The average molecular weight is 125 g/mol. The van der Waals surface area contributed by atoms with Gasteiger partial charge >= 0.3 is 0 Å². The SMILES string of the molecule is C=C(C)N(C)/C(C)=C\C. The molecule has 0 unspecified atom stereocenters. The summed E-state index contributed by atoms with van der Waals surface area (Å²) in [4.78, 5) is 2.06. The lowest BCUT2D eigenvalue weighted by atomic mass is 10.4. The first-order valence-electron chi connectivity index (χ1n) is 3.11. The molecule has 0 N–H and O–H groups in total. The molecule has 0 heterocycles. The predicted octanol–water partition coefficient (Wildman–Crippen LogP) is 2.38. The van der Waals surface area contributed by atoms with E-state index >= 15 is 0 Å². The van der Waals surface area contributed by atoms with Crippen molar-refractivity contribution in [3.05, 3.63) is 24.0 Å². The minimum absolute atomic E-state index is 1.07. The maximum absolute atomic E-state index is 3.81. The number of allylic oxidation sites excluding steroid dienone is 3. The Kier molecular flexibility index (Phi) is 3.07. The molecule has 0 aliphatic heterocycles. The molecule has 0 radical (unpaired) electrons. The summed E-state index contributed by atoms with van der Waals surface area (Å²) >= 11 is 0. The van der Waals surface area contributed by atoms with Gasteiger partial charge in [-0.1, -0.05) is 12.7 Å². The molecule has 0 aromatic carbocycles. The van der Waals surface area contributed by atoms with Crippen LogP contribution < -0.4 is 0 Å². The van der Waals surface area contributed by atoms with E-state index in [2.05, 4.69) is 24.5 Å². The second-order valence-corrected chi connectivity index (χ2v) is 2.22. The Bertz CT molecular complexity index is 134. The van der Waals surface area contributed by atoms with Crippen LogP contribution in [0.1, 0.15) is 20.8 Å². The summed E-state index contributed by atoms with van der Waals surface area (Å²) in [6.07, 6.45) is 2.06. The van der Waals surface area contributed by atoms with Gasteiger partial charge in [0, 0.05) is 18.4 Å². The zero-order valence-electron chi connectivity index (χ0n) is 6.73. The van der Waals surface area contributed by atoms with Crippen LogP contribution in [-0.4, -0.2) is 11.9 Å². The highest BCUT2D eigenvalue weighted by atomic mass is 15.1. The van der Waals surface area contributed by atoms with E-state index in [1.807, 2.05) is 20.9 Å². The fraction of sp³-hybridized carbons (Fsp3) is 0.500. The minimum Gasteiger partial charge on any atom is -0.353 e. The Morgan fingerprint density at radius 1 is 1.44 bits per heavy atom. The molecule has 0 saturated heterocycles. The Hall–Kier alpha value is -0.720. The van der Waals surface area contributed by atoms with Gasteiger partial charge in [-0.2, -0.15) is 0 Å². The fourth-order valence-electron chi connectivity index (χ4n) is 0.495. The molecule has 0 aromatic heterocycles. The van der Waals surface area contributed by atoms with Crippen molar-refractivity contribution in [3.8, 4) is 0 Å². The lowest BCUT2D eigenvalue weighted by Crippen LogP contribution is -2.11. The van der Waals surface area contributed by atoms with E-state index < -0.39 is 0 Å². The molecule has 0 fully saturated rings. The highest BCUT2D eigenvalue weighted by Crippen LogP contribution is 2.05. The van der Waals surface area contributed by atoms with E-state index in [9.17, 15) is 0 Å². The normalized spacial score (nSPS) is 11.3. The van der Waals surface area contributed by atoms with Crippen LogP contribution in [0, 0.1) is 0 Å². The lowest BCUT2D eigenvalue weighted by Gasteiger charge is -2.18. The zero-order chi connectivity index (χ0) is 7.44. The molecule has 9 heavy (non-hydrogen) atoms. The standard InChI is InChI=1S/C8H15N/c1-6-8(4)9(5)7(2)3/h6H,2H2,1,3-5H3/b8-6-. The number of nitrogens with zero attached hydrogens (tertiary/aromatic N) is 1. The van der Waals surface area contributed by atoms with Crippen molar-refractivity contribution in [3.63, 3.8) is 0 Å². The molecular formula is C8H15N. The van der Waals surface area contributed by atoms with E-state index in [0.29, 0.717) is 0 Å². The topological polar surface area (TPSA) is 3.24 Å². The molecule has 0 spiro atoms. The third kappa shape index (κ3) is 2.36. The van der Waals surface area contributed by atoms with Gasteiger partial charge in [0.25, 0.3) is 0 Å². The molecule has 0 saturated carbocycles. The van der Waals surface area contributed by atoms with Gasteiger partial charge in [-0.25, -0.2) is 0 Å². The molecular weight excluding hydrogens is 110 g/mol. The van der Waals surface area contributed by atoms with Crippen LogP contribution in [0.3, 0.4) is 0 Å².